The van der Waals surface area contributed by atoms with Crippen molar-refractivity contribution in [1.82, 2.24) is 0 Å². The Balaban J connectivity index is 1.56. The van der Waals surface area contributed by atoms with Crippen LogP contribution in [0.15, 0.2) is 71.6 Å². The van der Waals surface area contributed by atoms with E-state index < -0.39 is 0 Å². The third-order valence-electron chi connectivity index (χ3n) is 5.74. The van der Waals surface area contributed by atoms with Gasteiger partial charge in [-0.15, -0.1) is 11.8 Å². The number of anilines is 2. The van der Waals surface area contributed by atoms with Crippen molar-refractivity contribution in [2.24, 2.45) is 0 Å². The molecule has 0 bridgehead atoms. The predicted molar refractivity (Wildman–Crippen MR) is 137 cm³/mol. The smallest absolute Gasteiger partial charge is 0.244 e. The Morgan fingerprint density at radius 2 is 1.71 bits per heavy atom. The van der Waals surface area contributed by atoms with Crippen LogP contribution < -0.4 is 19.7 Å². The van der Waals surface area contributed by atoms with Gasteiger partial charge in [-0.25, -0.2) is 0 Å². The number of hydrogen-bond acceptors (Lipinski definition) is 6. The van der Waals surface area contributed by atoms with Crippen molar-refractivity contribution in [3.05, 3.63) is 77.9 Å². The van der Waals surface area contributed by atoms with Crippen LogP contribution in [0.3, 0.4) is 0 Å². The second kappa shape index (κ2) is 10.7. The molecule has 4 rings (SSSR count). The topological polar surface area (TPSA) is 84.9 Å². The Labute approximate surface area is 208 Å². The van der Waals surface area contributed by atoms with Crippen LogP contribution >= 0.6 is 11.8 Å². The summed E-state index contributed by atoms with van der Waals surface area (Å²) in [5.74, 6) is 0.706. The van der Waals surface area contributed by atoms with Gasteiger partial charge in [0.25, 0.3) is 0 Å². The van der Waals surface area contributed by atoms with Gasteiger partial charge in [-0.05, 0) is 61.0 Å². The predicted octanol–water partition coefficient (Wildman–Crippen LogP) is 5.12. The van der Waals surface area contributed by atoms with Gasteiger partial charge in [-0.2, -0.15) is 0 Å². The fourth-order valence-corrected chi connectivity index (χ4v) is 5.19. The molecule has 0 fully saturated rings. The number of benzene rings is 3. The molecule has 1 aliphatic heterocycles. The van der Waals surface area contributed by atoms with Gasteiger partial charge in [-0.3, -0.25) is 14.4 Å². The summed E-state index contributed by atoms with van der Waals surface area (Å²) in [7, 11) is 3.16. The van der Waals surface area contributed by atoms with Crippen LogP contribution in [-0.2, 0) is 9.59 Å². The summed E-state index contributed by atoms with van der Waals surface area (Å²) in [4.78, 5) is 40.2. The van der Waals surface area contributed by atoms with Gasteiger partial charge in [0.05, 0.1) is 19.9 Å². The summed E-state index contributed by atoms with van der Waals surface area (Å²) < 4.78 is 10.8. The van der Waals surface area contributed by atoms with Crippen molar-refractivity contribution < 1.29 is 23.9 Å². The molecule has 0 aliphatic carbocycles. The highest BCUT2D eigenvalue weighted by molar-refractivity contribution is 7.99. The number of ether oxygens (including phenoxy) is 2. The summed E-state index contributed by atoms with van der Waals surface area (Å²) in [5.41, 5.74) is 2.77. The van der Waals surface area contributed by atoms with Crippen LogP contribution in [-0.4, -0.2) is 38.4 Å². The molecule has 1 heterocycles. The lowest BCUT2D eigenvalue weighted by atomic mass is 10.1. The Hall–Kier alpha value is -3.78. The molecule has 35 heavy (non-hydrogen) atoms. The van der Waals surface area contributed by atoms with Crippen LogP contribution in [0.25, 0.3) is 0 Å². The average molecular weight is 491 g/mol. The first-order chi connectivity index (χ1) is 16.9. The van der Waals surface area contributed by atoms with Crippen LogP contribution in [0.2, 0.25) is 0 Å². The molecular formula is C27H26N2O5S. The standard InChI is InChI=1S/C27H26N2O5S/c1-17(30)18-8-11-20(12-9-18)28-26(31)16-29-21-6-4-5-7-24(21)35-25(15-27(29)32)19-10-13-22(33-2)23(14-19)34-3/h4-14,25H,15-16H2,1-3H3,(H,28,31)/t25-/m1/s1. The molecule has 0 saturated carbocycles. The molecule has 1 aliphatic rings. The molecule has 8 heteroatoms. The number of hydrogen-bond donors (Lipinski definition) is 1. The molecule has 0 aromatic heterocycles. The lowest BCUT2D eigenvalue weighted by molar-refractivity contribution is -0.121. The summed E-state index contributed by atoms with van der Waals surface area (Å²) >= 11 is 1.58. The quantitative estimate of drug-likeness (QED) is 0.463. The van der Waals surface area contributed by atoms with E-state index in [0.717, 1.165) is 10.5 Å². The number of nitrogens with one attached hydrogen (secondary N) is 1. The second-order valence-electron chi connectivity index (χ2n) is 8.05. The highest BCUT2D eigenvalue weighted by Gasteiger charge is 2.31. The summed E-state index contributed by atoms with van der Waals surface area (Å²) in [6, 6.07) is 19.9. The van der Waals surface area contributed by atoms with Crippen molar-refractivity contribution in [3.63, 3.8) is 0 Å². The normalized spacial score (nSPS) is 15.1. The van der Waals surface area contributed by atoms with Gasteiger partial charge in [0, 0.05) is 27.8 Å². The van der Waals surface area contributed by atoms with Gasteiger partial charge in [0.15, 0.2) is 17.3 Å². The van der Waals surface area contributed by atoms with E-state index in [9.17, 15) is 14.4 Å². The maximum atomic E-state index is 13.4. The van der Waals surface area contributed by atoms with Crippen molar-refractivity contribution >= 4 is 40.7 Å². The Morgan fingerprint density at radius 3 is 2.40 bits per heavy atom. The molecule has 2 amide bonds. The monoisotopic (exact) mass is 490 g/mol. The van der Waals surface area contributed by atoms with Gasteiger partial charge >= 0.3 is 0 Å². The Kier molecular flexibility index (Phi) is 7.41. The average Bonchev–Trinajstić information content (AvgIpc) is 3.00. The van der Waals surface area contributed by atoms with E-state index in [4.69, 9.17) is 9.47 Å². The number of methoxy groups -OCH3 is 2. The number of amides is 2. The Morgan fingerprint density at radius 1 is 1.00 bits per heavy atom. The van der Waals surface area contributed by atoms with Crippen molar-refractivity contribution in [3.8, 4) is 11.5 Å². The Bertz CT molecular complexity index is 1260. The summed E-state index contributed by atoms with van der Waals surface area (Å²) in [6.07, 6.45) is 0.218. The third kappa shape index (κ3) is 5.49. The van der Waals surface area contributed by atoms with Gasteiger partial charge in [0.1, 0.15) is 6.54 Å². The molecule has 1 atom stereocenters. The highest BCUT2D eigenvalue weighted by Crippen LogP contribution is 2.46. The van der Waals surface area contributed by atoms with Crippen LogP contribution in [0, 0.1) is 0 Å². The molecule has 0 radical (unpaired) electrons. The fourth-order valence-electron chi connectivity index (χ4n) is 3.92. The number of fused-ring (bicyclic) bond motifs is 1. The molecule has 1 N–H and O–H groups in total. The van der Waals surface area contributed by atoms with Gasteiger partial charge < -0.3 is 19.7 Å². The van der Waals surface area contributed by atoms with Crippen molar-refractivity contribution in [2.75, 3.05) is 31.0 Å². The minimum Gasteiger partial charge on any atom is -0.493 e. The molecule has 3 aromatic carbocycles. The first-order valence-electron chi connectivity index (χ1n) is 11.1. The zero-order valence-electron chi connectivity index (χ0n) is 19.7. The molecule has 3 aromatic rings. The molecule has 0 spiro atoms. The molecule has 0 saturated heterocycles. The van der Waals surface area contributed by atoms with E-state index in [1.165, 1.54) is 11.8 Å². The number of Topliss-reactive ketones (excluding diaryl/α,β-unsaturated/α-hetero) is 1. The van der Waals surface area contributed by atoms with E-state index in [-0.39, 0.29) is 35.8 Å². The van der Waals surface area contributed by atoms with Crippen molar-refractivity contribution in [1.29, 1.82) is 0 Å². The lowest BCUT2D eigenvalue weighted by Crippen LogP contribution is -2.38. The van der Waals surface area contributed by atoms with Gasteiger partial charge in [0.2, 0.25) is 11.8 Å². The number of thioether (sulfide) groups is 1. The molecule has 7 nitrogen and oxygen atoms in total. The maximum absolute atomic E-state index is 13.4. The van der Waals surface area contributed by atoms with Crippen molar-refractivity contribution in [2.45, 2.75) is 23.5 Å². The van der Waals surface area contributed by atoms with E-state index in [2.05, 4.69) is 5.32 Å². The van der Waals surface area contributed by atoms with Crippen LogP contribution in [0.1, 0.15) is 34.5 Å². The zero-order valence-corrected chi connectivity index (χ0v) is 20.6. The number of para-hydroxylation sites is 1. The number of carbonyl (C=O) groups is 3. The minimum atomic E-state index is -0.321. The highest BCUT2D eigenvalue weighted by atomic mass is 32.2. The lowest BCUT2D eigenvalue weighted by Gasteiger charge is -2.22. The number of carbonyl (C=O) groups excluding carboxylic acids is 3. The zero-order chi connectivity index (χ0) is 24.9. The summed E-state index contributed by atoms with van der Waals surface area (Å²) in [5, 5.41) is 2.66. The first kappa shape index (κ1) is 24.3. The van der Waals surface area contributed by atoms with Crippen LogP contribution in [0.5, 0.6) is 11.5 Å². The number of ketones is 1. The SMILES string of the molecule is COc1ccc([C@H]2CC(=O)N(CC(=O)Nc3ccc(C(C)=O)cc3)c3ccccc3S2)cc1OC. The molecule has 180 valence electrons. The largest absolute Gasteiger partial charge is 0.493 e. The summed E-state index contributed by atoms with van der Waals surface area (Å²) in [6.45, 7) is 1.37. The maximum Gasteiger partial charge on any atom is 0.244 e. The second-order valence-corrected chi connectivity index (χ2v) is 9.30. The van der Waals surface area contributed by atoms with E-state index in [1.54, 1.807) is 50.2 Å². The third-order valence-corrected chi connectivity index (χ3v) is 7.07. The first-order valence-corrected chi connectivity index (χ1v) is 12.0. The van der Waals surface area contributed by atoms with Crippen LogP contribution in [0.4, 0.5) is 11.4 Å². The number of nitrogens with zero attached hydrogens (tertiary/aromatic N) is 1. The molecular weight excluding hydrogens is 464 g/mol. The van der Waals surface area contributed by atoms with E-state index in [1.807, 2.05) is 42.5 Å². The minimum absolute atomic E-state index is 0.0452. The van der Waals surface area contributed by atoms with E-state index in [0.29, 0.717) is 28.4 Å². The number of rotatable bonds is 7. The van der Waals surface area contributed by atoms with Gasteiger partial charge in [-0.1, -0.05) is 18.2 Å². The molecule has 0 unspecified atom stereocenters. The van der Waals surface area contributed by atoms with E-state index >= 15 is 0 Å². The fraction of sp³-hybridized carbons (Fsp3) is 0.222.